The lowest BCUT2D eigenvalue weighted by Crippen LogP contribution is -2.17. The van der Waals surface area contributed by atoms with E-state index in [9.17, 15) is 25.1 Å². The van der Waals surface area contributed by atoms with Crippen LogP contribution in [-0.2, 0) is 0 Å². The van der Waals surface area contributed by atoms with Crippen LogP contribution in [0.1, 0.15) is 15.9 Å². The van der Waals surface area contributed by atoms with Gasteiger partial charge in [0.1, 0.15) is 0 Å². The number of benzene rings is 2. The Kier molecular flexibility index (Phi) is 4.77. The average Bonchev–Trinajstić information content (AvgIpc) is 2.51. The minimum Gasteiger partial charge on any atom is -0.504 e. The highest BCUT2D eigenvalue weighted by molar-refractivity contribution is 6.33. The normalized spacial score (nSPS) is 10.7. The fraction of sp³-hybridized carbons (Fsp3) is 0. The zero-order chi connectivity index (χ0) is 17.0. The summed E-state index contributed by atoms with van der Waals surface area (Å²) in [4.78, 5) is 21.9. The smallest absolute Gasteiger partial charge is 0.271 e. The fourth-order valence-corrected chi connectivity index (χ4v) is 1.80. The van der Waals surface area contributed by atoms with Crippen molar-refractivity contribution in [3.63, 3.8) is 0 Å². The second kappa shape index (κ2) is 6.75. The minimum absolute atomic E-state index is 0.0718. The first kappa shape index (κ1) is 16.2. The Hall–Kier alpha value is -3.13. The van der Waals surface area contributed by atoms with Gasteiger partial charge in [0.15, 0.2) is 11.5 Å². The van der Waals surface area contributed by atoms with Crippen LogP contribution in [0.5, 0.6) is 11.5 Å². The van der Waals surface area contributed by atoms with Gasteiger partial charge in [-0.15, -0.1) is 0 Å². The van der Waals surface area contributed by atoms with E-state index in [4.69, 9.17) is 11.6 Å². The molecule has 0 unspecified atom stereocenters. The molecular formula is C14H10ClN3O5. The van der Waals surface area contributed by atoms with Crippen LogP contribution >= 0.6 is 11.6 Å². The molecule has 2 rings (SSSR count). The van der Waals surface area contributed by atoms with Crippen molar-refractivity contribution in [3.05, 3.63) is 62.7 Å². The number of hydrogen-bond donors (Lipinski definition) is 3. The van der Waals surface area contributed by atoms with Gasteiger partial charge in [-0.3, -0.25) is 14.9 Å². The van der Waals surface area contributed by atoms with Crippen LogP contribution in [0.15, 0.2) is 41.5 Å². The van der Waals surface area contributed by atoms with Gasteiger partial charge in [-0.25, -0.2) is 5.43 Å². The lowest BCUT2D eigenvalue weighted by atomic mass is 10.2. The summed E-state index contributed by atoms with van der Waals surface area (Å²) < 4.78 is 0. The maximum Gasteiger partial charge on any atom is 0.271 e. The summed E-state index contributed by atoms with van der Waals surface area (Å²) in [5.41, 5.74) is 2.35. The number of rotatable bonds is 4. The van der Waals surface area contributed by atoms with E-state index in [1.54, 1.807) is 0 Å². The number of nitrogens with zero attached hydrogens (tertiary/aromatic N) is 2. The summed E-state index contributed by atoms with van der Waals surface area (Å²) in [6.45, 7) is 0. The summed E-state index contributed by atoms with van der Waals surface area (Å²) in [7, 11) is 0. The number of nitro benzene ring substituents is 1. The predicted molar refractivity (Wildman–Crippen MR) is 82.9 cm³/mol. The SMILES string of the molecule is O=C(NN=Cc1cc([N+](=O)[O-])ccc1Cl)c1ccc(O)c(O)c1. The molecule has 0 heterocycles. The number of amides is 1. The molecule has 23 heavy (non-hydrogen) atoms. The van der Waals surface area contributed by atoms with Gasteiger partial charge >= 0.3 is 0 Å². The van der Waals surface area contributed by atoms with Crippen LogP contribution in [0.2, 0.25) is 5.02 Å². The number of hydrazone groups is 1. The van der Waals surface area contributed by atoms with E-state index in [0.29, 0.717) is 0 Å². The van der Waals surface area contributed by atoms with Gasteiger partial charge < -0.3 is 10.2 Å². The van der Waals surface area contributed by atoms with Crippen LogP contribution in [0.4, 0.5) is 5.69 Å². The number of hydrogen-bond acceptors (Lipinski definition) is 6. The Morgan fingerprint density at radius 3 is 2.61 bits per heavy atom. The van der Waals surface area contributed by atoms with E-state index in [1.807, 2.05) is 0 Å². The summed E-state index contributed by atoms with van der Waals surface area (Å²) in [6.07, 6.45) is 1.16. The molecule has 8 nitrogen and oxygen atoms in total. The molecule has 3 N–H and O–H groups in total. The van der Waals surface area contributed by atoms with Crippen LogP contribution in [-0.4, -0.2) is 27.3 Å². The van der Waals surface area contributed by atoms with Gasteiger partial charge in [-0.1, -0.05) is 11.6 Å². The van der Waals surface area contributed by atoms with Crippen LogP contribution in [0.3, 0.4) is 0 Å². The van der Waals surface area contributed by atoms with Crippen molar-refractivity contribution in [1.82, 2.24) is 5.43 Å². The molecule has 0 saturated carbocycles. The number of nitro groups is 1. The number of halogens is 1. The summed E-state index contributed by atoms with van der Waals surface area (Å²) in [5, 5.41) is 33.1. The van der Waals surface area contributed by atoms with Gasteiger partial charge in [0.05, 0.1) is 11.1 Å². The molecule has 0 atom stereocenters. The molecule has 2 aromatic rings. The molecule has 0 radical (unpaired) electrons. The molecule has 0 saturated heterocycles. The number of non-ortho nitro benzene ring substituents is 1. The van der Waals surface area contributed by atoms with Gasteiger partial charge in [-0.2, -0.15) is 5.10 Å². The largest absolute Gasteiger partial charge is 0.504 e. The van der Waals surface area contributed by atoms with E-state index >= 15 is 0 Å². The number of aromatic hydroxyl groups is 2. The van der Waals surface area contributed by atoms with Gasteiger partial charge in [0, 0.05) is 28.3 Å². The molecule has 0 aliphatic carbocycles. The van der Waals surface area contributed by atoms with Crippen LogP contribution < -0.4 is 5.43 Å². The molecule has 0 aliphatic heterocycles. The lowest BCUT2D eigenvalue weighted by Gasteiger charge is -2.02. The second-order valence-corrected chi connectivity index (χ2v) is 4.77. The highest BCUT2D eigenvalue weighted by atomic mass is 35.5. The maximum atomic E-state index is 11.8. The predicted octanol–water partition coefficient (Wildman–Crippen LogP) is 2.42. The fourth-order valence-electron chi connectivity index (χ4n) is 1.63. The first-order valence-electron chi connectivity index (χ1n) is 6.18. The summed E-state index contributed by atoms with van der Waals surface area (Å²) >= 11 is 5.88. The monoisotopic (exact) mass is 335 g/mol. The van der Waals surface area contributed by atoms with Crippen LogP contribution in [0.25, 0.3) is 0 Å². The zero-order valence-corrected chi connectivity index (χ0v) is 12.2. The van der Waals surface area contributed by atoms with Crippen molar-refractivity contribution in [3.8, 4) is 11.5 Å². The Labute approximate surface area is 134 Å². The van der Waals surface area contributed by atoms with Crippen molar-refractivity contribution in [2.24, 2.45) is 5.10 Å². The average molecular weight is 336 g/mol. The first-order valence-corrected chi connectivity index (χ1v) is 6.55. The maximum absolute atomic E-state index is 11.8. The van der Waals surface area contributed by atoms with Crippen molar-refractivity contribution in [2.45, 2.75) is 0 Å². The molecular weight excluding hydrogens is 326 g/mol. The molecule has 0 fully saturated rings. The van der Waals surface area contributed by atoms with Gasteiger partial charge in [0.2, 0.25) is 0 Å². The summed E-state index contributed by atoms with van der Waals surface area (Å²) in [5.74, 6) is -1.44. The Balaban J connectivity index is 2.12. The van der Waals surface area contributed by atoms with E-state index in [0.717, 1.165) is 18.3 Å². The molecule has 0 aromatic heterocycles. The summed E-state index contributed by atoms with van der Waals surface area (Å²) in [6, 6.07) is 7.33. The molecule has 2 aromatic carbocycles. The first-order chi connectivity index (χ1) is 10.9. The third-order valence-electron chi connectivity index (χ3n) is 2.80. The van der Waals surface area contributed by atoms with Crippen molar-refractivity contribution >= 4 is 29.4 Å². The third kappa shape index (κ3) is 3.95. The van der Waals surface area contributed by atoms with E-state index < -0.39 is 16.6 Å². The van der Waals surface area contributed by atoms with Crippen molar-refractivity contribution < 1.29 is 19.9 Å². The Morgan fingerprint density at radius 2 is 1.96 bits per heavy atom. The van der Waals surface area contributed by atoms with E-state index in [1.165, 1.54) is 24.3 Å². The molecule has 118 valence electrons. The minimum atomic E-state index is -0.641. The molecule has 0 bridgehead atoms. The molecule has 0 spiro atoms. The quantitative estimate of drug-likeness (QED) is 0.342. The highest BCUT2D eigenvalue weighted by Crippen LogP contribution is 2.24. The van der Waals surface area contributed by atoms with Crippen molar-refractivity contribution in [1.29, 1.82) is 0 Å². The number of carbonyl (C=O) groups is 1. The number of phenols is 2. The van der Waals surface area contributed by atoms with Crippen LogP contribution in [0, 0.1) is 10.1 Å². The molecule has 9 heteroatoms. The van der Waals surface area contributed by atoms with Gasteiger partial charge in [0.25, 0.3) is 11.6 Å². The van der Waals surface area contributed by atoms with E-state index in [2.05, 4.69) is 10.5 Å². The topological polar surface area (TPSA) is 125 Å². The third-order valence-corrected chi connectivity index (χ3v) is 3.14. The molecule has 0 aliphatic rings. The standard InChI is InChI=1S/C14H10ClN3O5/c15-11-3-2-10(18(22)23)5-9(11)7-16-17-14(21)8-1-4-12(19)13(20)6-8/h1-7,19-20H,(H,17,21). The number of nitrogens with one attached hydrogen (secondary N) is 1. The highest BCUT2D eigenvalue weighted by Gasteiger charge is 2.10. The lowest BCUT2D eigenvalue weighted by molar-refractivity contribution is -0.384. The zero-order valence-electron chi connectivity index (χ0n) is 11.4. The van der Waals surface area contributed by atoms with Gasteiger partial charge in [-0.05, 0) is 24.3 Å². The Bertz CT molecular complexity index is 807. The molecule has 1 amide bonds. The number of carbonyl (C=O) groups excluding carboxylic acids is 1. The number of phenolic OH excluding ortho intramolecular Hbond substituents is 2. The van der Waals surface area contributed by atoms with E-state index in [-0.39, 0.29) is 27.6 Å². The Morgan fingerprint density at radius 1 is 1.22 bits per heavy atom. The second-order valence-electron chi connectivity index (χ2n) is 4.37. The van der Waals surface area contributed by atoms with Crippen molar-refractivity contribution in [2.75, 3.05) is 0 Å².